The van der Waals surface area contributed by atoms with Crippen molar-refractivity contribution in [3.63, 3.8) is 0 Å². The first-order chi connectivity index (χ1) is 10.4. The van der Waals surface area contributed by atoms with Crippen LogP contribution in [0.3, 0.4) is 0 Å². The Morgan fingerprint density at radius 2 is 1.82 bits per heavy atom. The van der Waals surface area contributed by atoms with Gasteiger partial charge in [0.2, 0.25) is 0 Å². The van der Waals surface area contributed by atoms with Crippen LogP contribution in [-0.2, 0) is 15.7 Å². The van der Waals surface area contributed by atoms with Gasteiger partial charge in [0.05, 0.1) is 35.2 Å². The summed E-state index contributed by atoms with van der Waals surface area (Å²) in [6.07, 6.45) is -3.84. The van der Waals surface area contributed by atoms with Crippen molar-refractivity contribution >= 4 is 23.2 Å². The second-order valence-corrected chi connectivity index (χ2v) is 5.50. The number of aromatic nitrogens is 1. The van der Waals surface area contributed by atoms with Gasteiger partial charge in [0.1, 0.15) is 0 Å². The van der Waals surface area contributed by atoms with Gasteiger partial charge in [-0.15, -0.1) is 0 Å². The fraction of sp³-hybridized carbons (Fsp3) is 0.286. The van der Waals surface area contributed by atoms with Crippen LogP contribution < -0.4 is 0 Å². The number of nitrogens with zero attached hydrogens (tertiary/aromatic N) is 1. The standard InChI is InChI=1S/C14H10Cl2F3NO2/c15-8-6-9(14(17,18)19)12(10(16)7-8)20-3-1-2-11(20)13-21-4-5-22-13/h1-3,6-7,13H,4-5H2. The predicted octanol–water partition coefficient (Wildman–Crippen LogP) is 4.85. The molecule has 3 nitrogen and oxygen atoms in total. The Kier molecular flexibility index (Phi) is 4.11. The van der Waals surface area contributed by atoms with Gasteiger partial charge < -0.3 is 14.0 Å². The maximum atomic E-state index is 13.3. The Hall–Kier alpha value is -1.21. The Balaban J connectivity index is 2.19. The van der Waals surface area contributed by atoms with Crippen molar-refractivity contribution in [3.8, 4) is 5.69 Å². The van der Waals surface area contributed by atoms with E-state index >= 15 is 0 Å². The summed E-state index contributed by atoms with van der Waals surface area (Å²) in [6.45, 7) is 0.770. The lowest BCUT2D eigenvalue weighted by atomic mass is 10.1. The summed E-state index contributed by atoms with van der Waals surface area (Å²) in [5.74, 6) is 0. The molecule has 0 bridgehead atoms. The quantitative estimate of drug-likeness (QED) is 0.772. The number of alkyl halides is 3. The van der Waals surface area contributed by atoms with Crippen LogP contribution in [0.4, 0.5) is 13.2 Å². The van der Waals surface area contributed by atoms with E-state index in [0.29, 0.717) is 18.9 Å². The topological polar surface area (TPSA) is 23.4 Å². The molecule has 1 saturated heterocycles. The number of halogens is 5. The highest BCUT2D eigenvalue weighted by Crippen LogP contribution is 2.41. The molecule has 1 aromatic heterocycles. The molecule has 3 rings (SSSR count). The number of ether oxygens (including phenoxy) is 2. The molecule has 0 N–H and O–H groups in total. The van der Waals surface area contributed by atoms with E-state index in [1.165, 1.54) is 16.8 Å². The molecule has 8 heteroatoms. The molecule has 2 aromatic rings. The van der Waals surface area contributed by atoms with Crippen molar-refractivity contribution in [2.45, 2.75) is 12.5 Å². The van der Waals surface area contributed by atoms with Gasteiger partial charge in [0.25, 0.3) is 0 Å². The molecule has 0 radical (unpaired) electrons. The van der Waals surface area contributed by atoms with E-state index in [2.05, 4.69) is 0 Å². The van der Waals surface area contributed by atoms with Crippen molar-refractivity contribution in [1.82, 2.24) is 4.57 Å². The largest absolute Gasteiger partial charge is 0.418 e. The van der Waals surface area contributed by atoms with Gasteiger partial charge in [0.15, 0.2) is 6.29 Å². The lowest BCUT2D eigenvalue weighted by molar-refractivity contribution is -0.137. The SMILES string of the molecule is FC(F)(F)c1cc(Cl)cc(Cl)c1-n1cccc1C1OCCO1. The van der Waals surface area contributed by atoms with Gasteiger partial charge >= 0.3 is 6.18 Å². The Labute approximate surface area is 134 Å². The van der Waals surface area contributed by atoms with Crippen molar-refractivity contribution in [3.05, 3.63) is 51.8 Å². The van der Waals surface area contributed by atoms with Gasteiger partial charge in [-0.2, -0.15) is 13.2 Å². The molecule has 1 fully saturated rings. The first-order valence-electron chi connectivity index (χ1n) is 6.35. The third-order valence-corrected chi connectivity index (χ3v) is 3.72. The minimum absolute atomic E-state index is 0.0804. The summed E-state index contributed by atoms with van der Waals surface area (Å²) in [4.78, 5) is 0. The van der Waals surface area contributed by atoms with E-state index < -0.39 is 18.0 Å². The number of benzene rings is 1. The average molecular weight is 352 g/mol. The highest BCUT2D eigenvalue weighted by molar-refractivity contribution is 6.36. The van der Waals surface area contributed by atoms with Crippen LogP contribution in [0, 0.1) is 0 Å². The fourth-order valence-corrected chi connectivity index (χ4v) is 2.93. The molecule has 2 heterocycles. The first-order valence-corrected chi connectivity index (χ1v) is 7.10. The second-order valence-electron chi connectivity index (χ2n) is 4.66. The zero-order valence-electron chi connectivity index (χ0n) is 11.0. The Morgan fingerprint density at radius 1 is 1.14 bits per heavy atom. The molecule has 1 aliphatic rings. The minimum Gasteiger partial charge on any atom is -0.345 e. The zero-order chi connectivity index (χ0) is 15.9. The molecular weight excluding hydrogens is 342 g/mol. The van der Waals surface area contributed by atoms with Crippen LogP contribution in [0.2, 0.25) is 10.0 Å². The smallest absolute Gasteiger partial charge is 0.345 e. The second kappa shape index (κ2) is 5.77. The number of rotatable bonds is 2. The van der Waals surface area contributed by atoms with Crippen LogP contribution in [0.25, 0.3) is 5.69 Å². The molecule has 0 saturated carbocycles. The molecule has 0 atom stereocenters. The highest BCUT2D eigenvalue weighted by Gasteiger charge is 2.36. The summed E-state index contributed by atoms with van der Waals surface area (Å²) in [6, 6.07) is 5.35. The summed E-state index contributed by atoms with van der Waals surface area (Å²) >= 11 is 11.7. The van der Waals surface area contributed by atoms with E-state index in [0.717, 1.165) is 6.07 Å². The van der Waals surface area contributed by atoms with Crippen LogP contribution in [-0.4, -0.2) is 17.8 Å². The monoisotopic (exact) mass is 351 g/mol. The van der Waals surface area contributed by atoms with E-state index in [-0.39, 0.29) is 15.7 Å². The van der Waals surface area contributed by atoms with Crippen LogP contribution in [0.15, 0.2) is 30.5 Å². The van der Waals surface area contributed by atoms with Crippen molar-refractivity contribution in [2.24, 2.45) is 0 Å². The lowest BCUT2D eigenvalue weighted by Crippen LogP contribution is -2.14. The van der Waals surface area contributed by atoms with E-state index in [4.69, 9.17) is 32.7 Å². The molecule has 0 unspecified atom stereocenters. The molecule has 118 valence electrons. The van der Waals surface area contributed by atoms with Gasteiger partial charge in [-0.3, -0.25) is 0 Å². The first kappa shape index (κ1) is 15.7. The zero-order valence-corrected chi connectivity index (χ0v) is 12.5. The van der Waals surface area contributed by atoms with Crippen LogP contribution in [0.1, 0.15) is 17.5 Å². The summed E-state index contributed by atoms with van der Waals surface area (Å²) in [5, 5.41) is -0.182. The van der Waals surface area contributed by atoms with Gasteiger partial charge in [-0.1, -0.05) is 23.2 Å². The maximum absolute atomic E-state index is 13.3. The Morgan fingerprint density at radius 3 is 2.45 bits per heavy atom. The third kappa shape index (κ3) is 2.84. The maximum Gasteiger partial charge on any atom is 0.418 e. The summed E-state index contributed by atoms with van der Waals surface area (Å²) in [5.41, 5.74) is -0.676. The highest BCUT2D eigenvalue weighted by atomic mass is 35.5. The summed E-state index contributed by atoms with van der Waals surface area (Å²) in [7, 11) is 0. The lowest BCUT2D eigenvalue weighted by Gasteiger charge is -2.20. The average Bonchev–Trinajstić information content (AvgIpc) is 3.06. The molecule has 22 heavy (non-hydrogen) atoms. The molecule has 0 aliphatic carbocycles. The van der Waals surface area contributed by atoms with E-state index in [1.54, 1.807) is 12.1 Å². The normalized spacial score (nSPS) is 16.4. The Bertz CT molecular complexity index is 694. The molecular formula is C14H10Cl2F3NO2. The number of hydrogen-bond donors (Lipinski definition) is 0. The van der Waals surface area contributed by atoms with Gasteiger partial charge in [-0.05, 0) is 24.3 Å². The van der Waals surface area contributed by atoms with E-state index in [9.17, 15) is 13.2 Å². The predicted molar refractivity (Wildman–Crippen MR) is 75.4 cm³/mol. The molecule has 1 aliphatic heterocycles. The molecule has 0 amide bonds. The molecule has 0 spiro atoms. The number of hydrogen-bond acceptors (Lipinski definition) is 2. The van der Waals surface area contributed by atoms with Crippen molar-refractivity contribution in [2.75, 3.05) is 13.2 Å². The van der Waals surface area contributed by atoms with Crippen molar-refractivity contribution < 1.29 is 22.6 Å². The van der Waals surface area contributed by atoms with Crippen molar-refractivity contribution in [1.29, 1.82) is 0 Å². The van der Waals surface area contributed by atoms with E-state index in [1.807, 2.05) is 0 Å². The molecule has 1 aromatic carbocycles. The van der Waals surface area contributed by atoms with Gasteiger partial charge in [0, 0.05) is 11.2 Å². The third-order valence-electron chi connectivity index (χ3n) is 3.22. The van der Waals surface area contributed by atoms with Gasteiger partial charge in [-0.25, -0.2) is 0 Å². The summed E-state index contributed by atoms with van der Waals surface area (Å²) < 4.78 is 52.0. The minimum atomic E-state index is -4.59. The van der Waals surface area contributed by atoms with Crippen LogP contribution >= 0.6 is 23.2 Å². The van der Waals surface area contributed by atoms with Crippen LogP contribution in [0.5, 0.6) is 0 Å². The fourth-order valence-electron chi connectivity index (χ4n) is 2.35.